The average Bonchev–Trinajstić information content (AvgIpc) is 3.08. The lowest BCUT2D eigenvalue weighted by Crippen LogP contribution is -2.09. The van der Waals surface area contributed by atoms with Crippen molar-refractivity contribution in [2.45, 2.75) is 26.8 Å². The van der Waals surface area contributed by atoms with Crippen LogP contribution in [0.15, 0.2) is 42.5 Å². The Morgan fingerprint density at radius 2 is 1.87 bits per heavy atom. The number of rotatable bonds is 3. The summed E-state index contributed by atoms with van der Waals surface area (Å²) >= 11 is 0. The Balaban J connectivity index is 1.85. The molecule has 0 amide bonds. The van der Waals surface area contributed by atoms with Crippen molar-refractivity contribution in [2.75, 3.05) is 5.32 Å². The summed E-state index contributed by atoms with van der Waals surface area (Å²) in [5.74, 6) is 0. The van der Waals surface area contributed by atoms with Gasteiger partial charge in [-0.1, -0.05) is 12.1 Å². The number of fused-ring (bicyclic) bond motifs is 2. The molecule has 4 nitrogen and oxygen atoms in total. The average molecular weight is 304 g/mol. The van der Waals surface area contributed by atoms with Crippen LogP contribution in [0.5, 0.6) is 0 Å². The van der Waals surface area contributed by atoms with Crippen molar-refractivity contribution in [1.29, 1.82) is 0 Å². The maximum absolute atomic E-state index is 4.52. The monoisotopic (exact) mass is 304 g/mol. The zero-order valence-corrected chi connectivity index (χ0v) is 13.6. The molecule has 4 rings (SSSR count). The van der Waals surface area contributed by atoms with Gasteiger partial charge in [-0.05, 0) is 56.7 Å². The number of benzene rings is 2. The molecule has 2 aromatic carbocycles. The number of aromatic amines is 2. The molecule has 4 aromatic rings. The van der Waals surface area contributed by atoms with Crippen LogP contribution in [0.2, 0.25) is 0 Å². The van der Waals surface area contributed by atoms with Crippen LogP contribution in [0.1, 0.15) is 19.4 Å². The third-order valence-electron chi connectivity index (χ3n) is 4.05. The topological polar surface area (TPSA) is 56.5 Å². The second kappa shape index (κ2) is 5.16. The summed E-state index contributed by atoms with van der Waals surface area (Å²) in [5, 5.41) is 13.4. The van der Waals surface area contributed by atoms with E-state index in [1.807, 2.05) is 0 Å². The molecule has 0 fully saturated rings. The van der Waals surface area contributed by atoms with E-state index in [1.165, 1.54) is 10.9 Å². The van der Waals surface area contributed by atoms with Crippen LogP contribution in [0.4, 0.5) is 5.69 Å². The maximum atomic E-state index is 4.52. The van der Waals surface area contributed by atoms with E-state index in [9.17, 15) is 0 Å². The Kier molecular flexibility index (Phi) is 3.11. The Bertz CT molecular complexity index is 991. The number of hydrogen-bond acceptors (Lipinski definition) is 2. The molecule has 0 unspecified atom stereocenters. The fraction of sp³-hybridized carbons (Fsp3) is 0.211. The molecule has 0 aliphatic rings. The summed E-state index contributed by atoms with van der Waals surface area (Å²) in [6.45, 7) is 6.38. The molecule has 4 heteroatoms. The minimum Gasteiger partial charge on any atom is -0.383 e. The van der Waals surface area contributed by atoms with E-state index in [1.54, 1.807) is 0 Å². The van der Waals surface area contributed by atoms with Gasteiger partial charge in [0, 0.05) is 28.0 Å². The molecule has 0 radical (unpaired) electrons. The first-order valence-corrected chi connectivity index (χ1v) is 7.94. The third-order valence-corrected chi connectivity index (χ3v) is 4.05. The molecule has 3 N–H and O–H groups in total. The van der Waals surface area contributed by atoms with Crippen molar-refractivity contribution < 1.29 is 0 Å². The van der Waals surface area contributed by atoms with Crippen molar-refractivity contribution in [3.05, 3.63) is 48.0 Å². The number of H-pyrrole nitrogens is 2. The molecular weight excluding hydrogens is 284 g/mol. The lowest BCUT2D eigenvalue weighted by atomic mass is 10.1. The summed E-state index contributed by atoms with van der Waals surface area (Å²) in [5.41, 5.74) is 6.56. The van der Waals surface area contributed by atoms with Gasteiger partial charge in [0.2, 0.25) is 0 Å². The number of nitrogens with zero attached hydrogens (tertiary/aromatic N) is 1. The summed E-state index contributed by atoms with van der Waals surface area (Å²) < 4.78 is 0. The van der Waals surface area contributed by atoms with Gasteiger partial charge in [0.15, 0.2) is 0 Å². The first-order valence-electron chi connectivity index (χ1n) is 7.94. The molecule has 0 aliphatic carbocycles. The number of anilines is 1. The number of nitrogens with one attached hydrogen (secondary N) is 3. The van der Waals surface area contributed by atoms with Gasteiger partial charge in [0.05, 0.1) is 11.2 Å². The van der Waals surface area contributed by atoms with Crippen LogP contribution in [-0.4, -0.2) is 21.2 Å². The van der Waals surface area contributed by atoms with E-state index in [0.29, 0.717) is 6.04 Å². The van der Waals surface area contributed by atoms with Crippen LogP contribution in [0.3, 0.4) is 0 Å². The number of aromatic nitrogens is 3. The van der Waals surface area contributed by atoms with Gasteiger partial charge >= 0.3 is 0 Å². The normalized spacial score (nSPS) is 11.7. The zero-order chi connectivity index (χ0) is 16.0. The summed E-state index contributed by atoms with van der Waals surface area (Å²) in [7, 11) is 0. The Hall–Kier alpha value is -2.75. The van der Waals surface area contributed by atoms with Crippen molar-refractivity contribution >= 4 is 27.5 Å². The van der Waals surface area contributed by atoms with Crippen LogP contribution in [0, 0.1) is 6.92 Å². The second-order valence-corrected chi connectivity index (χ2v) is 6.41. The molecule has 0 saturated carbocycles. The van der Waals surface area contributed by atoms with Gasteiger partial charge in [-0.25, -0.2) is 0 Å². The van der Waals surface area contributed by atoms with E-state index in [0.717, 1.165) is 33.5 Å². The van der Waals surface area contributed by atoms with Crippen molar-refractivity contribution in [3.63, 3.8) is 0 Å². The van der Waals surface area contributed by atoms with Gasteiger partial charge in [-0.15, -0.1) is 0 Å². The van der Waals surface area contributed by atoms with Gasteiger partial charge in [-0.2, -0.15) is 5.10 Å². The SMILES string of the molecule is Cc1ccc2cc(-c3n[nH]c4ccc(NC(C)C)cc34)[nH]c2c1. The van der Waals surface area contributed by atoms with E-state index in [-0.39, 0.29) is 0 Å². The predicted molar refractivity (Wildman–Crippen MR) is 96.9 cm³/mol. The summed E-state index contributed by atoms with van der Waals surface area (Å²) in [4.78, 5) is 3.49. The maximum Gasteiger partial charge on any atom is 0.116 e. The molecule has 0 aliphatic heterocycles. The van der Waals surface area contributed by atoms with Crippen molar-refractivity contribution in [2.24, 2.45) is 0 Å². The molecule has 2 heterocycles. The fourth-order valence-electron chi connectivity index (χ4n) is 3.01. The largest absolute Gasteiger partial charge is 0.383 e. The van der Waals surface area contributed by atoms with Crippen molar-refractivity contribution in [1.82, 2.24) is 15.2 Å². The van der Waals surface area contributed by atoms with Crippen molar-refractivity contribution in [3.8, 4) is 11.4 Å². The Morgan fingerprint density at radius 1 is 1.00 bits per heavy atom. The Labute approximate surface area is 134 Å². The number of aryl methyl sites for hydroxylation is 1. The van der Waals surface area contributed by atoms with Crippen LogP contribution in [-0.2, 0) is 0 Å². The lowest BCUT2D eigenvalue weighted by Gasteiger charge is -2.09. The van der Waals surface area contributed by atoms with Gasteiger partial charge in [0.1, 0.15) is 5.69 Å². The van der Waals surface area contributed by atoms with Crippen LogP contribution < -0.4 is 5.32 Å². The first-order chi connectivity index (χ1) is 11.1. The molecule has 0 spiro atoms. The highest BCUT2D eigenvalue weighted by molar-refractivity contribution is 5.97. The van der Waals surface area contributed by atoms with Gasteiger partial charge < -0.3 is 10.3 Å². The van der Waals surface area contributed by atoms with E-state index in [4.69, 9.17) is 0 Å². The standard InChI is InChI=1S/C19H20N4/c1-11(2)20-14-6-7-16-15(10-14)19(23-22-16)18-9-13-5-4-12(3)8-17(13)21-18/h4-11,20-21H,1-3H3,(H,22,23). The minimum atomic E-state index is 0.402. The highest BCUT2D eigenvalue weighted by atomic mass is 15.1. The smallest absolute Gasteiger partial charge is 0.116 e. The minimum absolute atomic E-state index is 0.402. The lowest BCUT2D eigenvalue weighted by molar-refractivity contribution is 0.900. The first kappa shape index (κ1) is 13.9. The fourth-order valence-corrected chi connectivity index (χ4v) is 3.01. The molecule has 0 atom stereocenters. The van der Waals surface area contributed by atoms with E-state index < -0.39 is 0 Å². The van der Waals surface area contributed by atoms with E-state index in [2.05, 4.69) is 83.7 Å². The predicted octanol–water partition coefficient (Wildman–Crippen LogP) is 4.84. The van der Waals surface area contributed by atoms with Crippen LogP contribution in [0.25, 0.3) is 33.2 Å². The van der Waals surface area contributed by atoms with Crippen LogP contribution >= 0.6 is 0 Å². The summed E-state index contributed by atoms with van der Waals surface area (Å²) in [6.07, 6.45) is 0. The molecule has 116 valence electrons. The molecular formula is C19H20N4. The summed E-state index contributed by atoms with van der Waals surface area (Å²) in [6, 6.07) is 15.3. The number of hydrogen-bond donors (Lipinski definition) is 3. The molecule has 0 bridgehead atoms. The molecule has 0 saturated heterocycles. The second-order valence-electron chi connectivity index (χ2n) is 6.41. The van der Waals surface area contributed by atoms with E-state index >= 15 is 0 Å². The Morgan fingerprint density at radius 3 is 2.70 bits per heavy atom. The zero-order valence-electron chi connectivity index (χ0n) is 13.6. The highest BCUT2D eigenvalue weighted by Crippen LogP contribution is 2.30. The van der Waals surface area contributed by atoms with Gasteiger partial charge in [-0.3, -0.25) is 5.10 Å². The van der Waals surface area contributed by atoms with Gasteiger partial charge in [0.25, 0.3) is 0 Å². The third kappa shape index (κ3) is 2.46. The quantitative estimate of drug-likeness (QED) is 0.507. The highest BCUT2D eigenvalue weighted by Gasteiger charge is 2.12. The molecule has 23 heavy (non-hydrogen) atoms. The molecule has 2 aromatic heterocycles.